The SMILES string of the molecule is CC(C)CC(=O)Nc1cncc(-c2ccc(NC(c3ccccc3)(c3ccccc3)c3ccccc3)c(C(=N)c3nc4c(-c5cccc(F)c5)cncc4[nH]3)c2)c1. The van der Waals surface area contributed by atoms with Crippen molar-refractivity contribution in [3.8, 4) is 22.3 Å². The molecule has 3 aromatic heterocycles. The molecule has 0 spiro atoms. The van der Waals surface area contributed by atoms with Gasteiger partial charge in [-0.1, -0.05) is 123 Å². The zero-order chi connectivity index (χ0) is 39.4. The highest BCUT2D eigenvalue weighted by Gasteiger charge is 2.37. The summed E-state index contributed by atoms with van der Waals surface area (Å²) in [5, 5.41) is 16.8. The molecule has 8 rings (SSSR count). The van der Waals surface area contributed by atoms with E-state index in [0.717, 1.165) is 27.8 Å². The summed E-state index contributed by atoms with van der Waals surface area (Å²) >= 11 is 0. The molecule has 0 aliphatic rings. The second kappa shape index (κ2) is 15.8. The van der Waals surface area contributed by atoms with Gasteiger partial charge in [-0.05, 0) is 64.1 Å². The third-order valence-corrected chi connectivity index (χ3v) is 9.95. The van der Waals surface area contributed by atoms with Crippen LogP contribution >= 0.6 is 0 Å². The number of anilines is 2. The average Bonchev–Trinajstić information content (AvgIpc) is 3.68. The van der Waals surface area contributed by atoms with Gasteiger partial charge in [0.15, 0.2) is 5.82 Å². The Morgan fingerprint density at radius 3 is 2.00 bits per heavy atom. The number of H-pyrrole nitrogens is 1. The van der Waals surface area contributed by atoms with E-state index in [-0.39, 0.29) is 23.4 Å². The summed E-state index contributed by atoms with van der Waals surface area (Å²) in [6, 6.07) is 45.0. The molecule has 5 aromatic carbocycles. The molecule has 4 N–H and O–H groups in total. The quantitative estimate of drug-likeness (QED) is 0.0732. The third kappa shape index (κ3) is 7.55. The van der Waals surface area contributed by atoms with Gasteiger partial charge in [-0.3, -0.25) is 20.2 Å². The Morgan fingerprint density at radius 2 is 1.37 bits per heavy atom. The molecular weight excluding hydrogens is 710 g/mol. The van der Waals surface area contributed by atoms with Gasteiger partial charge >= 0.3 is 0 Å². The minimum atomic E-state index is -0.884. The molecule has 57 heavy (non-hydrogen) atoms. The van der Waals surface area contributed by atoms with Crippen molar-refractivity contribution in [1.29, 1.82) is 5.41 Å². The van der Waals surface area contributed by atoms with E-state index < -0.39 is 5.54 Å². The van der Waals surface area contributed by atoms with E-state index in [1.54, 1.807) is 30.9 Å². The summed E-state index contributed by atoms with van der Waals surface area (Å²) in [7, 11) is 0. The number of rotatable bonds is 12. The molecule has 0 atom stereocenters. The van der Waals surface area contributed by atoms with Gasteiger partial charge in [0.25, 0.3) is 0 Å². The minimum absolute atomic E-state index is 0.0815. The predicted molar refractivity (Wildman–Crippen MR) is 226 cm³/mol. The van der Waals surface area contributed by atoms with Crippen molar-refractivity contribution in [1.82, 2.24) is 19.9 Å². The Bertz CT molecular complexity index is 2600. The first-order chi connectivity index (χ1) is 27.8. The molecule has 0 radical (unpaired) electrons. The number of hydrogen-bond donors (Lipinski definition) is 4. The number of pyridine rings is 2. The second-order valence-corrected chi connectivity index (χ2v) is 14.4. The predicted octanol–water partition coefficient (Wildman–Crippen LogP) is 10.6. The number of nitrogens with zero attached hydrogens (tertiary/aromatic N) is 3. The molecule has 8 nitrogen and oxygen atoms in total. The zero-order valence-electron chi connectivity index (χ0n) is 31.5. The first-order valence-electron chi connectivity index (χ1n) is 18.8. The van der Waals surface area contributed by atoms with Crippen LogP contribution in [0.25, 0.3) is 33.3 Å². The largest absolute Gasteiger partial charge is 0.367 e. The summed E-state index contributed by atoms with van der Waals surface area (Å²) in [5.74, 6) is 0.0799. The van der Waals surface area contributed by atoms with E-state index in [4.69, 9.17) is 4.98 Å². The fourth-order valence-corrected chi connectivity index (χ4v) is 7.32. The lowest BCUT2D eigenvalue weighted by Gasteiger charge is -2.38. The van der Waals surface area contributed by atoms with Gasteiger partial charge in [-0.2, -0.15) is 0 Å². The lowest BCUT2D eigenvalue weighted by atomic mass is 9.76. The van der Waals surface area contributed by atoms with Crippen LogP contribution in [0.4, 0.5) is 15.8 Å². The lowest BCUT2D eigenvalue weighted by Crippen LogP contribution is -2.38. The normalized spacial score (nSPS) is 11.4. The Balaban J connectivity index is 1.31. The molecule has 0 fully saturated rings. The number of nitrogens with one attached hydrogen (secondary N) is 4. The van der Waals surface area contributed by atoms with E-state index in [1.807, 2.05) is 98.8 Å². The standard InChI is InChI=1S/C48H40FN7O/c1-31(2)23-44(57)53-39-25-34(27-51-28-39)32-21-22-42(56-48(35-14-6-3-7-15-35,36-16-8-4-9-17-36)37-18-10-5-11-19-37)40(26-32)45(50)47-54-43-30-52-29-41(46(43)55-47)33-13-12-20-38(49)24-33/h3-22,24-31,50,56H,23H2,1-2H3,(H,53,57)(H,54,55). The Hall–Kier alpha value is -7.26. The number of aromatic amines is 1. The minimum Gasteiger partial charge on any atom is -0.367 e. The first kappa shape index (κ1) is 36.7. The highest BCUT2D eigenvalue weighted by Crippen LogP contribution is 2.42. The monoisotopic (exact) mass is 749 g/mol. The fourth-order valence-electron chi connectivity index (χ4n) is 7.32. The third-order valence-electron chi connectivity index (χ3n) is 9.95. The van der Waals surface area contributed by atoms with Crippen LogP contribution in [0, 0.1) is 17.1 Å². The van der Waals surface area contributed by atoms with Gasteiger partial charge in [-0.15, -0.1) is 0 Å². The number of halogens is 1. The number of benzene rings is 5. The van der Waals surface area contributed by atoms with Crippen LogP contribution in [0.5, 0.6) is 0 Å². The summed E-state index contributed by atoms with van der Waals surface area (Å²) in [4.78, 5) is 29.9. The lowest BCUT2D eigenvalue weighted by molar-refractivity contribution is -0.116. The number of carbonyl (C=O) groups is 1. The molecule has 9 heteroatoms. The Labute approximate surface area is 330 Å². The van der Waals surface area contributed by atoms with Crippen molar-refractivity contribution in [2.45, 2.75) is 25.8 Å². The van der Waals surface area contributed by atoms with Crippen LogP contribution < -0.4 is 10.6 Å². The van der Waals surface area contributed by atoms with Crippen LogP contribution in [0.3, 0.4) is 0 Å². The highest BCUT2D eigenvalue weighted by molar-refractivity contribution is 6.14. The summed E-state index contributed by atoms with van der Waals surface area (Å²) < 4.78 is 14.4. The van der Waals surface area contributed by atoms with Gasteiger partial charge in [0.05, 0.1) is 29.1 Å². The van der Waals surface area contributed by atoms with E-state index in [2.05, 4.69) is 62.0 Å². The van der Waals surface area contributed by atoms with Crippen molar-refractivity contribution >= 4 is 34.0 Å². The molecule has 0 aliphatic carbocycles. The van der Waals surface area contributed by atoms with Gasteiger partial charge < -0.3 is 15.6 Å². The van der Waals surface area contributed by atoms with Crippen LogP contribution in [0.15, 0.2) is 164 Å². The van der Waals surface area contributed by atoms with Gasteiger partial charge in [0, 0.05) is 41.2 Å². The van der Waals surface area contributed by atoms with E-state index in [0.29, 0.717) is 51.3 Å². The van der Waals surface area contributed by atoms with Crippen molar-refractivity contribution < 1.29 is 9.18 Å². The molecule has 0 saturated heterocycles. The summed E-state index contributed by atoms with van der Waals surface area (Å²) in [6.07, 6.45) is 7.09. The number of amides is 1. The van der Waals surface area contributed by atoms with Crippen LogP contribution in [0.1, 0.15) is 48.3 Å². The number of carbonyl (C=O) groups excluding carboxylic acids is 1. The van der Waals surface area contributed by atoms with E-state index in [9.17, 15) is 14.6 Å². The topological polar surface area (TPSA) is 119 Å². The number of imidazole rings is 1. The van der Waals surface area contributed by atoms with Gasteiger partial charge in [-0.25, -0.2) is 9.37 Å². The number of fused-ring (bicyclic) bond motifs is 1. The Morgan fingerprint density at radius 1 is 0.719 bits per heavy atom. The van der Waals surface area contributed by atoms with Crippen molar-refractivity contribution in [3.05, 3.63) is 198 Å². The fraction of sp³-hybridized carbons (Fsp3) is 0.104. The maximum atomic E-state index is 14.4. The summed E-state index contributed by atoms with van der Waals surface area (Å²) in [5.41, 5.74) is 8.11. The first-order valence-corrected chi connectivity index (χ1v) is 18.8. The maximum Gasteiger partial charge on any atom is 0.224 e. The molecule has 8 aromatic rings. The summed E-state index contributed by atoms with van der Waals surface area (Å²) in [6.45, 7) is 4.01. The number of aromatic nitrogens is 4. The molecule has 0 aliphatic heterocycles. The molecular formula is C48H40FN7O. The maximum absolute atomic E-state index is 14.4. The van der Waals surface area contributed by atoms with Crippen LogP contribution in [-0.2, 0) is 10.3 Å². The molecule has 280 valence electrons. The second-order valence-electron chi connectivity index (χ2n) is 14.4. The number of hydrogen-bond acceptors (Lipinski definition) is 6. The molecule has 0 unspecified atom stereocenters. The molecule has 1 amide bonds. The Kier molecular flexibility index (Phi) is 10.2. The average molecular weight is 750 g/mol. The van der Waals surface area contributed by atoms with Crippen LogP contribution in [0.2, 0.25) is 0 Å². The molecule has 3 heterocycles. The van der Waals surface area contributed by atoms with Gasteiger partial charge in [0.2, 0.25) is 5.91 Å². The van der Waals surface area contributed by atoms with Crippen LogP contribution in [-0.4, -0.2) is 31.6 Å². The smallest absolute Gasteiger partial charge is 0.224 e. The van der Waals surface area contributed by atoms with Gasteiger partial charge in [0.1, 0.15) is 17.1 Å². The van der Waals surface area contributed by atoms with Crippen molar-refractivity contribution in [3.63, 3.8) is 0 Å². The molecule has 0 bridgehead atoms. The van der Waals surface area contributed by atoms with E-state index in [1.165, 1.54) is 12.1 Å². The zero-order valence-corrected chi connectivity index (χ0v) is 31.5. The highest BCUT2D eigenvalue weighted by atomic mass is 19.1. The van der Waals surface area contributed by atoms with E-state index >= 15 is 0 Å². The molecule has 0 saturated carbocycles. The van der Waals surface area contributed by atoms with Crippen molar-refractivity contribution in [2.75, 3.05) is 10.6 Å². The van der Waals surface area contributed by atoms with Crippen molar-refractivity contribution in [2.24, 2.45) is 5.92 Å².